The van der Waals surface area contributed by atoms with Gasteiger partial charge in [0.25, 0.3) is 0 Å². The molecule has 9 heteroatoms. The first kappa shape index (κ1) is 18.8. The summed E-state index contributed by atoms with van der Waals surface area (Å²) in [6.45, 7) is 6.43. The summed E-state index contributed by atoms with van der Waals surface area (Å²) in [5.74, 6) is -2.80. The number of rotatable bonds is 3. The normalized spacial score (nSPS) is 13.0. The zero-order valence-electron chi connectivity index (χ0n) is 14.6. The van der Waals surface area contributed by atoms with Gasteiger partial charge in [-0.1, -0.05) is 0 Å². The molecule has 1 atom stereocenters. The van der Waals surface area contributed by atoms with E-state index in [-0.39, 0.29) is 5.82 Å². The zero-order chi connectivity index (χ0) is 19.1. The molecule has 136 valence electrons. The minimum absolute atomic E-state index is 0.209. The number of hydrogen-bond acceptors (Lipinski definition) is 5. The van der Waals surface area contributed by atoms with Crippen LogP contribution in [-0.4, -0.2) is 25.9 Å². The maximum absolute atomic E-state index is 14.4. The molecule has 2 rings (SSSR count). The predicted molar refractivity (Wildman–Crippen MR) is 86.5 cm³/mol. The number of halogens is 2. The Labute approximate surface area is 143 Å². The molecule has 25 heavy (non-hydrogen) atoms. The second kappa shape index (κ2) is 6.40. The fourth-order valence-electron chi connectivity index (χ4n) is 2.19. The Hall–Kier alpha value is -2.55. The highest BCUT2D eigenvalue weighted by molar-refractivity contribution is 5.90. The van der Waals surface area contributed by atoms with Gasteiger partial charge in [-0.15, -0.1) is 5.10 Å². The van der Waals surface area contributed by atoms with E-state index in [0.29, 0.717) is 10.7 Å². The number of nitrogens with zero attached hydrogens (tertiary/aromatic N) is 3. The van der Waals surface area contributed by atoms with E-state index >= 15 is 0 Å². The molecule has 1 heterocycles. The first-order valence-corrected chi connectivity index (χ1v) is 7.56. The van der Waals surface area contributed by atoms with Gasteiger partial charge in [0.05, 0.1) is 11.6 Å². The quantitative estimate of drug-likeness (QED) is 0.849. The third kappa shape index (κ3) is 3.76. The standard InChI is InChI=1S/C16H20F2N4O3/c1-8(19)13-20-22(15(24)21(13)5)12-7-10(17)9(6-11(12)18)14(23)25-16(2,3)4/h6-8H,19H2,1-5H3/t8-/m1/s1. The summed E-state index contributed by atoms with van der Waals surface area (Å²) in [5, 5.41) is 3.93. The third-order valence-corrected chi connectivity index (χ3v) is 3.30. The van der Waals surface area contributed by atoms with Crippen LogP contribution in [-0.2, 0) is 11.8 Å². The zero-order valence-corrected chi connectivity index (χ0v) is 14.6. The summed E-state index contributed by atoms with van der Waals surface area (Å²) < 4.78 is 35.6. The largest absolute Gasteiger partial charge is 0.456 e. The van der Waals surface area contributed by atoms with Crippen LogP contribution in [0.2, 0.25) is 0 Å². The fraction of sp³-hybridized carbons (Fsp3) is 0.438. The van der Waals surface area contributed by atoms with Gasteiger partial charge in [0, 0.05) is 13.1 Å². The lowest BCUT2D eigenvalue weighted by Gasteiger charge is -2.19. The van der Waals surface area contributed by atoms with E-state index in [1.165, 1.54) is 7.05 Å². The monoisotopic (exact) mass is 354 g/mol. The van der Waals surface area contributed by atoms with Crippen LogP contribution in [0.5, 0.6) is 0 Å². The third-order valence-electron chi connectivity index (χ3n) is 3.30. The van der Waals surface area contributed by atoms with Crippen LogP contribution >= 0.6 is 0 Å². The molecule has 0 aliphatic heterocycles. The van der Waals surface area contributed by atoms with Crippen molar-refractivity contribution in [1.29, 1.82) is 0 Å². The number of carbonyl (C=O) groups is 1. The molecule has 0 unspecified atom stereocenters. The lowest BCUT2D eigenvalue weighted by atomic mass is 10.1. The number of benzene rings is 1. The molecule has 2 aromatic rings. The molecule has 0 aliphatic carbocycles. The lowest BCUT2D eigenvalue weighted by Crippen LogP contribution is -2.26. The summed E-state index contributed by atoms with van der Waals surface area (Å²) >= 11 is 0. The van der Waals surface area contributed by atoms with Gasteiger partial charge in [0.2, 0.25) is 0 Å². The molecule has 0 amide bonds. The topological polar surface area (TPSA) is 92.1 Å². The second-order valence-electron chi connectivity index (χ2n) is 6.69. The van der Waals surface area contributed by atoms with Gasteiger partial charge in [-0.05, 0) is 33.8 Å². The van der Waals surface area contributed by atoms with E-state index < -0.39 is 46.2 Å². The van der Waals surface area contributed by atoms with Gasteiger partial charge in [0.15, 0.2) is 5.82 Å². The van der Waals surface area contributed by atoms with Crippen LogP contribution in [0.25, 0.3) is 5.69 Å². The van der Waals surface area contributed by atoms with Crippen molar-refractivity contribution in [3.8, 4) is 5.69 Å². The van der Waals surface area contributed by atoms with E-state index in [0.717, 1.165) is 10.6 Å². The van der Waals surface area contributed by atoms with E-state index in [1.54, 1.807) is 27.7 Å². The average Bonchev–Trinajstić information content (AvgIpc) is 2.75. The maximum atomic E-state index is 14.4. The van der Waals surface area contributed by atoms with E-state index in [9.17, 15) is 18.4 Å². The molecule has 1 aromatic carbocycles. The van der Waals surface area contributed by atoms with E-state index in [2.05, 4.69) is 5.10 Å². The minimum Gasteiger partial charge on any atom is -0.456 e. The molecule has 2 N–H and O–H groups in total. The van der Waals surface area contributed by atoms with Crippen LogP contribution in [0.3, 0.4) is 0 Å². The van der Waals surface area contributed by atoms with Gasteiger partial charge in [-0.25, -0.2) is 18.4 Å². The smallest absolute Gasteiger partial charge is 0.350 e. The number of hydrogen-bond donors (Lipinski definition) is 1. The number of carbonyl (C=O) groups excluding carboxylic acids is 1. The van der Waals surface area contributed by atoms with Crippen molar-refractivity contribution in [3.63, 3.8) is 0 Å². The van der Waals surface area contributed by atoms with Crippen LogP contribution in [0.1, 0.15) is 49.9 Å². The first-order valence-electron chi connectivity index (χ1n) is 7.56. The molecule has 7 nitrogen and oxygen atoms in total. The summed E-state index contributed by atoms with van der Waals surface area (Å²) in [6.07, 6.45) is 0. The lowest BCUT2D eigenvalue weighted by molar-refractivity contribution is 0.00641. The maximum Gasteiger partial charge on any atom is 0.350 e. The SMILES string of the molecule is C[C@@H](N)c1nn(-c2cc(F)c(C(=O)OC(C)(C)C)cc2F)c(=O)n1C. The number of esters is 1. The Bertz CT molecular complexity index is 879. The number of ether oxygens (including phenoxy) is 1. The van der Waals surface area contributed by atoms with Crippen LogP contribution in [0, 0.1) is 11.6 Å². The molecule has 0 aliphatic rings. The highest BCUT2D eigenvalue weighted by Gasteiger charge is 2.24. The summed E-state index contributed by atoms with van der Waals surface area (Å²) in [6, 6.07) is 0.840. The Morgan fingerprint density at radius 1 is 1.28 bits per heavy atom. The van der Waals surface area contributed by atoms with Crippen LogP contribution < -0.4 is 11.4 Å². The van der Waals surface area contributed by atoms with Gasteiger partial charge in [-0.3, -0.25) is 4.57 Å². The summed E-state index contributed by atoms with van der Waals surface area (Å²) in [5.41, 5.74) is 3.18. The van der Waals surface area contributed by atoms with Crippen molar-refractivity contribution in [1.82, 2.24) is 14.3 Å². The first-order chi connectivity index (χ1) is 11.4. The van der Waals surface area contributed by atoms with E-state index in [1.807, 2.05) is 0 Å². The minimum atomic E-state index is -1.02. The molecule has 0 saturated heterocycles. The van der Waals surface area contributed by atoms with Gasteiger partial charge in [0.1, 0.15) is 22.9 Å². The Morgan fingerprint density at radius 3 is 2.36 bits per heavy atom. The van der Waals surface area contributed by atoms with Crippen LogP contribution in [0.4, 0.5) is 8.78 Å². The van der Waals surface area contributed by atoms with Gasteiger partial charge < -0.3 is 10.5 Å². The van der Waals surface area contributed by atoms with Crippen molar-refractivity contribution >= 4 is 5.97 Å². The molecule has 0 fully saturated rings. The van der Waals surface area contributed by atoms with Crippen molar-refractivity contribution < 1.29 is 18.3 Å². The Balaban J connectivity index is 2.53. The molecular weight excluding hydrogens is 334 g/mol. The molecule has 0 spiro atoms. The molecule has 0 saturated carbocycles. The summed E-state index contributed by atoms with van der Waals surface area (Å²) in [7, 11) is 1.42. The van der Waals surface area contributed by atoms with Crippen molar-refractivity contribution in [2.24, 2.45) is 12.8 Å². The molecule has 0 bridgehead atoms. The van der Waals surface area contributed by atoms with Crippen LogP contribution in [0.15, 0.2) is 16.9 Å². The number of aromatic nitrogens is 3. The van der Waals surface area contributed by atoms with Gasteiger partial charge >= 0.3 is 11.7 Å². The summed E-state index contributed by atoms with van der Waals surface area (Å²) in [4.78, 5) is 24.2. The Morgan fingerprint density at radius 2 is 1.88 bits per heavy atom. The predicted octanol–water partition coefficient (Wildman–Crippen LogP) is 1.82. The molecule has 1 aromatic heterocycles. The van der Waals surface area contributed by atoms with Gasteiger partial charge in [-0.2, -0.15) is 4.68 Å². The number of nitrogens with two attached hydrogens (primary N) is 1. The highest BCUT2D eigenvalue weighted by atomic mass is 19.1. The van der Waals surface area contributed by atoms with Crippen molar-refractivity contribution in [3.05, 3.63) is 45.6 Å². The Kier molecular flexibility index (Phi) is 4.81. The molecule has 0 radical (unpaired) electrons. The van der Waals surface area contributed by atoms with E-state index in [4.69, 9.17) is 10.5 Å². The average molecular weight is 354 g/mol. The highest BCUT2D eigenvalue weighted by Crippen LogP contribution is 2.20. The fourth-order valence-corrected chi connectivity index (χ4v) is 2.19. The van der Waals surface area contributed by atoms with Crippen molar-refractivity contribution in [2.45, 2.75) is 39.3 Å². The molecular formula is C16H20F2N4O3. The van der Waals surface area contributed by atoms with Crippen molar-refractivity contribution in [2.75, 3.05) is 0 Å². The second-order valence-corrected chi connectivity index (χ2v) is 6.69.